The SMILES string of the molecule is COCCCn1nnc2cc(S(=O)(=O)N3CCCC3C(=O)N3CCCCCC3)ccc21. The Morgan fingerprint density at radius 1 is 1.13 bits per heavy atom. The van der Waals surface area contributed by atoms with Gasteiger partial charge in [0.1, 0.15) is 11.6 Å². The lowest BCUT2D eigenvalue weighted by molar-refractivity contribution is -0.134. The van der Waals surface area contributed by atoms with Crippen LogP contribution in [-0.4, -0.2) is 77.9 Å². The number of rotatable bonds is 7. The maximum atomic E-state index is 13.4. The number of aromatic nitrogens is 3. The topological polar surface area (TPSA) is 97.6 Å². The summed E-state index contributed by atoms with van der Waals surface area (Å²) in [7, 11) is -2.14. The molecule has 170 valence electrons. The average molecular weight is 450 g/mol. The number of sulfonamides is 1. The molecule has 0 bridgehead atoms. The fraction of sp³-hybridized carbons (Fsp3) is 0.667. The van der Waals surface area contributed by atoms with Gasteiger partial charge in [0, 0.05) is 39.9 Å². The summed E-state index contributed by atoms with van der Waals surface area (Å²) in [6.07, 6.45) is 6.30. The Balaban J connectivity index is 1.55. The predicted molar refractivity (Wildman–Crippen MR) is 116 cm³/mol. The van der Waals surface area contributed by atoms with Crippen molar-refractivity contribution in [2.75, 3.05) is 33.4 Å². The van der Waals surface area contributed by atoms with Gasteiger partial charge in [0.15, 0.2) is 0 Å². The van der Waals surface area contributed by atoms with E-state index in [1.807, 2.05) is 4.90 Å². The second-order valence-electron chi connectivity index (χ2n) is 8.32. The van der Waals surface area contributed by atoms with Crippen molar-refractivity contribution in [2.45, 2.75) is 62.4 Å². The second-order valence-corrected chi connectivity index (χ2v) is 10.2. The number of nitrogens with zero attached hydrogens (tertiary/aromatic N) is 5. The van der Waals surface area contributed by atoms with E-state index in [9.17, 15) is 13.2 Å². The summed E-state index contributed by atoms with van der Waals surface area (Å²) < 4.78 is 35.1. The van der Waals surface area contributed by atoms with Crippen LogP contribution in [0.4, 0.5) is 0 Å². The summed E-state index contributed by atoms with van der Waals surface area (Å²) in [4.78, 5) is 15.2. The molecule has 2 saturated heterocycles. The first-order valence-electron chi connectivity index (χ1n) is 11.1. The van der Waals surface area contributed by atoms with Crippen molar-refractivity contribution >= 4 is 27.0 Å². The van der Waals surface area contributed by atoms with E-state index in [-0.39, 0.29) is 10.8 Å². The molecule has 0 spiro atoms. The molecule has 2 aliphatic heterocycles. The van der Waals surface area contributed by atoms with Gasteiger partial charge in [-0.1, -0.05) is 18.1 Å². The van der Waals surface area contributed by atoms with Gasteiger partial charge in [0.05, 0.1) is 10.4 Å². The molecular weight excluding hydrogens is 418 g/mol. The first-order chi connectivity index (χ1) is 15.0. The highest BCUT2D eigenvalue weighted by Gasteiger charge is 2.41. The Labute approximate surface area is 183 Å². The van der Waals surface area contributed by atoms with Crippen LogP contribution in [0, 0.1) is 0 Å². The third-order valence-electron chi connectivity index (χ3n) is 6.22. The minimum absolute atomic E-state index is 0.0480. The normalized spacial score (nSPS) is 20.9. The lowest BCUT2D eigenvalue weighted by atomic mass is 10.2. The molecule has 2 aromatic rings. The van der Waals surface area contributed by atoms with Crippen molar-refractivity contribution < 1.29 is 17.9 Å². The molecule has 9 nitrogen and oxygen atoms in total. The molecule has 10 heteroatoms. The van der Waals surface area contributed by atoms with Crippen molar-refractivity contribution in [3.63, 3.8) is 0 Å². The zero-order valence-electron chi connectivity index (χ0n) is 18.1. The number of likely N-dealkylation sites (tertiary alicyclic amines) is 1. The third kappa shape index (κ3) is 4.61. The molecule has 1 aromatic heterocycles. The van der Waals surface area contributed by atoms with E-state index in [0.29, 0.717) is 38.1 Å². The largest absolute Gasteiger partial charge is 0.385 e. The molecule has 3 heterocycles. The van der Waals surface area contributed by atoms with E-state index >= 15 is 0 Å². The average Bonchev–Trinajstić information content (AvgIpc) is 3.33. The molecule has 2 fully saturated rings. The maximum Gasteiger partial charge on any atom is 0.243 e. The summed E-state index contributed by atoms with van der Waals surface area (Å²) in [5.41, 5.74) is 1.32. The highest BCUT2D eigenvalue weighted by molar-refractivity contribution is 7.89. The van der Waals surface area contributed by atoms with Gasteiger partial charge < -0.3 is 9.64 Å². The van der Waals surface area contributed by atoms with Gasteiger partial charge in [0.2, 0.25) is 15.9 Å². The molecule has 31 heavy (non-hydrogen) atoms. The minimum atomic E-state index is -3.79. The Hall–Kier alpha value is -2.04. The van der Waals surface area contributed by atoms with Crippen molar-refractivity contribution in [3.05, 3.63) is 18.2 Å². The third-order valence-corrected chi connectivity index (χ3v) is 8.12. The smallest absolute Gasteiger partial charge is 0.243 e. The van der Waals surface area contributed by atoms with Crippen molar-refractivity contribution in [3.8, 4) is 0 Å². The number of benzene rings is 1. The number of methoxy groups -OCH3 is 1. The van der Waals surface area contributed by atoms with Crippen LogP contribution in [0.1, 0.15) is 44.9 Å². The second kappa shape index (κ2) is 9.62. The summed E-state index contributed by atoms with van der Waals surface area (Å²) in [5.74, 6) is -0.0480. The number of hydrogen-bond donors (Lipinski definition) is 0. The molecule has 1 amide bonds. The summed E-state index contributed by atoms with van der Waals surface area (Å²) in [6.45, 7) is 3.08. The first-order valence-corrected chi connectivity index (χ1v) is 12.6. The van der Waals surface area contributed by atoms with Crippen LogP contribution in [0.15, 0.2) is 23.1 Å². The molecule has 0 N–H and O–H groups in total. The van der Waals surface area contributed by atoms with Crippen LogP contribution in [-0.2, 0) is 26.1 Å². The van der Waals surface area contributed by atoms with Crippen LogP contribution in [0.5, 0.6) is 0 Å². The lowest BCUT2D eigenvalue weighted by Gasteiger charge is -2.29. The Bertz CT molecular complexity index is 1010. The number of amides is 1. The van der Waals surface area contributed by atoms with Crippen LogP contribution < -0.4 is 0 Å². The predicted octanol–water partition coefficient (Wildman–Crippen LogP) is 2.02. The number of carbonyl (C=O) groups excluding carboxylic acids is 1. The zero-order valence-corrected chi connectivity index (χ0v) is 18.9. The highest BCUT2D eigenvalue weighted by Crippen LogP contribution is 2.29. The van der Waals surface area contributed by atoms with Gasteiger partial charge in [-0.25, -0.2) is 13.1 Å². The van der Waals surface area contributed by atoms with E-state index in [1.165, 1.54) is 4.31 Å². The van der Waals surface area contributed by atoms with E-state index in [2.05, 4.69) is 10.3 Å². The number of carbonyl (C=O) groups is 1. The number of fused-ring (bicyclic) bond motifs is 1. The molecule has 0 radical (unpaired) electrons. The quantitative estimate of drug-likeness (QED) is 0.600. The van der Waals surface area contributed by atoms with Crippen molar-refractivity contribution in [1.82, 2.24) is 24.2 Å². The van der Waals surface area contributed by atoms with Gasteiger partial charge >= 0.3 is 0 Å². The van der Waals surface area contributed by atoms with E-state index in [0.717, 1.165) is 50.7 Å². The fourth-order valence-corrected chi connectivity index (χ4v) is 6.22. The van der Waals surface area contributed by atoms with Gasteiger partial charge in [0.25, 0.3) is 0 Å². The molecule has 2 aliphatic rings. The number of hydrogen-bond acceptors (Lipinski definition) is 6. The maximum absolute atomic E-state index is 13.4. The molecule has 4 rings (SSSR count). The monoisotopic (exact) mass is 449 g/mol. The molecule has 1 atom stereocenters. The lowest BCUT2D eigenvalue weighted by Crippen LogP contribution is -2.48. The van der Waals surface area contributed by atoms with Gasteiger partial charge in [-0.05, 0) is 50.3 Å². The number of ether oxygens (including phenoxy) is 1. The Morgan fingerprint density at radius 2 is 1.90 bits per heavy atom. The molecule has 1 unspecified atom stereocenters. The summed E-state index contributed by atoms with van der Waals surface area (Å²) in [5, 5.41) is 8.29. The molecule has 0 saturated carbocycles. The number of aryl methyl sites for hydroxylation is 1. The van der Waals surface area contributed by atoms with Crippen LogP contribution in [0.3, 0.4) is 0 Å². The molecule has 0 aliphatic carbocycles. The molecule has 1 aromatic carbocycles. The fourth-order valence-electron chi connectivity index (χ4n) is 4.55. The van der Waals surface area contributed by atoms with Crippen molar-refractivity contribution in [1.29, 1.82) is 0 Å². The van der Waals surface area contributed by atoms with E-state index < -0.39 is 16.1 Å². The minimum Gasteiger partial charge on any atom is -0.385 e. The summed E-state index contributed by atoms with van der Waals surface area (Å²) in [6, 6.07) is 4.30. The summed E-state index contributed by atoms with van der Waals surface area (Å²) >= 11 is 0. The van der Waals surface area contributed by atoms with E-state index in [1.54, 1.807) is 30.0 Å². The van der Waals surface area contributed by atoms with Gasteiger partial charge in [-0.15, -0.1) is 5.10 Å². The van der Waals surface area contributed by atoms with Crippen LogP contribution >= 0.6 is 0 Å². The first kappa shape index (κ1) is 22.2. The van der Waals surface area contributed by atoms with E-state index in [4.69, 9.17) is 4.74 Å². The van der Waals surface area contributed by atoms with Crippen LogP contribution in [0.25, 0.3) is 11.0 Å². The molecular formula is C21H31N5O4S. The van der Waals surface area contributed by atoms with Gasteiger partial charge in [-0.3, -0.25) is 4.79 Å². The van der Waals surface area contributed by atoms with Gasteiger partial charge in [-0.2, -0.15) is 4.31 Å². The zero-order chi connectivity index (χ0) is 21.8. The Kier molecular flexibility index (Phi) is 6.88. The Morgan fingerprint density at radius 3 is 2.65 bits per heavy atom. The standard InChI is InChI=1S/C21H31N5O4S/c1-30-15-7-13-25-19-10-9-17(16-18(19)22-23-25)31(28,29)26-14-6-8-20(26)21(27)24-11-4-2-3-5-12-24/h9-10,16,20H,2-8,11-15H2,1H3. The van der Waals surface area contributed by atoms with Crippen LogP contribution in [0.2, 0.25) is 0 Å². The van der Waals surface area contributed by atoms with Crippen molar-refractivity contribution in [2.24, 2.45) is 0 Å². The highest BCUT2D eigenvalue weighted by atomic mass is 32.2.